The summed E-state index contributed by atoms with van der Waals surface area (Å²) in [6, 6.07) is 5.20. The molecule has 2 amide bonds. The second-order valence-electron chi connectivity index (χ2n) is 11.1. The maximum atomic E-state index is 12.1. The van der Waals surface area contributed by atoms with Crippen LogP contribution in [0, 0.1) is 0 Å². The number of thiazole rings is 1. The number of aliphatic hydroxyl groups is 2. The molecule has 4 aromatic rings. The Morgan fingerprint density at radius 3 is 1.98 bits per heavy atom. The molecule has 1 saturated carbocycles. The number of hydrogen-bond acceptors (Lipinski definition) is 10. The van der Waals surface area contributed by atoms with Crippen molar-refractivity contribution in [3.05, 3.63) is 42.6 Å². The highest BCUT2D eigenvalue weighted by atomic mass is 32.1. The lowest BCUT2D eigenvalue weighted by Crippen LogP contribution is -2.29. The van der Waals surface area contributed by atoms with E-state index in [2.05, 4.69) is 40.9 Å². The van der Waals surface area contributed by atoms with Crippen molar-refractivity contribution in [3.8, 4) is 22.5 Å². The smallest absolute Gasteiger partial charge is 0.321 e. The minimum absolute atomic E-state index is 0.310. The molecule has 11 nitrogen and oxygen atoms in total. The summed E-state index contributed by atoms with van der Waals surface area (Å²) >= 11 is 1.32. The van der Waals surface area contributed by atoms with Crippen LogP contribution < -0.4 is 16.0 Å². The summed E-state index contributed by atoms with van der Waals surface area (Å²) in [5, 5.41) is 29.3. The first-order valence-electron chi connectivity index (χ1n) is 16.8. The molecule has 1 fully saturated rings. The second kappa shape index (κ2) is 20.5. The van der Waals surface area contributed by atoms with E-state index in [0.29, 0.717) is 46.8 Å². The molecule has 1 aliphatic rings. The van der Waals surface area contributed by atoms with Gasteiger partial charge in [0.05, 0.1) is 15.8 Å². The van der Waals surface area contributed by atoms with E-state index in [1.165, 1.54) is 37.0 Å². The van der Waals surface area contributed by atoms with Crippen molar-refractivity contribution in [2.24, 2.45) is 0 Å². The van der Waals surface area contributed by atoms with Crippen molar-refractivity contribution in [2.45, 2.75) is 113 Å². The molecule has 3 heterocycles. The summed E-state index contributed by atoms with van der Waals surface area (Å²) in [6.07, 6.45) is 10.9. The fourth-order valence-electron chi connectivity index (χ4n) is 3.66. The average Bonchev–Trinajstić information content (AvgIpc) is 3.43. The monoisotopic (exact) mass is 668 g/mol. The normalized spacial score (nSPS) is 11.9. The Labute approximate surface area is 285 Å². The maximum absolute atomic E-state index is 12.1. The number of amides is 2. The molecular formula is C35H56N8O3S. The van der Waals surface area contributed by atoms with Gasteiger partial charge in [-0.25, -0.2) is 29.7 Å². The van der Waals surface area contributed by atoms with Gasteiger partial charge in [0.1, 0.15) is 11.4 Å². The van der Waals surface area contributed by atoms with Gasteiger partial charge in [-0.3, -0.25) is 5.32 Å². The molecule has 1 aliphatic carbocycles. The first kappa shape index (κ1) is 41.3. The number of aromatic nitrogens is 5. The van der Waals surface area contributed by atoms with Crippen molar-refractivity contribution in [3.63, 3.8) is 0 Å². The SMILES string of the molecule is C1CCC1.CC.CC.CC.CCNC(=O)Nc1nc2cc(-c3cnc(C(C)(C)O)nc3)cc(-c3nccc(NCC(C)(C)O)n3)c2s1. The predicted molar refractivity (Wildman–Crippen MR) is 197 cm³/mol. The Hall–Kier alpha value is -3.74. The number of rotatable bonds is 8. The lowest BCUT2D eigenvalue weighted by Gasteiger charge is -2.18. The number of nitrogens with zero attached hydrogens (tertiary/aromatic N) is 5. The van der Waals surface area contributed by atoms with E-state index in [1.807, 2.05) is 60.6 Å². The molecule has 0 saturated heterocycles. The molecule has 0 spiro atoms. The van der Waals surface area contributed by atoms with E-state index in [-0.39, 0.29) is 6.03 Å². The lowest BCUT2D eigenvalue weighted by atomic mass is 10.0. The Morgan fingerprint density at radius 2 is 1.47 bits per heavy atom. The van der Waals surface area contributed by atoms with E-state index >= 15 is 0 Å². The van der Waals surface area contributed by atoms with Crippen LogP contribution in [-0.4, -0.2) is 59.9 Å². The zero-order valence-electron chi connectivity index (χ0n) is 30.2. The van der Waals surface area contributed by atoms with Gasteiger partial charge in [0.2, 0.25) is 0 Å². The van der Waals surface area contributed by atoms with Crippen molar-refractivity contribution in [1.82, 2.24) is 30.2 Å². The van der Waals surface area contributed by atoms with Crippen molar-refractivity contribution >= 4 is 38.5 Å². The second-order valence-corrected chi connectivity index (χ2v) is 12.1. The molecule has 1 aromatic carbocycles. The number of fused-ring (bicyclic) bond motifs is 1. The van der Waals surface area contributed by atoms with Gasteiger partial charge in [-0.1, -0.05) is 78.6 Å². The number of benzene rings is 1. The molecule has 12 heteroatoms. The highest BCUT2D eigenvalue weighted by molar-refractivity contribution is 7.22. The van der Waals surface area contributed by atoms with Crippen LogP contribution in [0.2, 0.25) is 0 Å². The minimum Gasteiger partial charge on any atom is -0.389 e. The van der Waals surface area contributed by atoms with E-state index in [4.69, 9.17) is 0 Å². The summed E-state index contributed by atoms with van der Waals surface area (Å²) in [7, 11) is 0. The number of carbonyl (C=O) groups is 1. The molecule has 5 N–H and O–H groups in total. The molecule has 260 valence electrons. The highest BCUT2D eigenvalue weighted by Gasteiger charge is 2.21. The minimum atomic E-state index is -1.16. The van der Waals surface area contributed by atoms with Gasteiger partial charge >= 0.3 is 6.03 Å². The van der Waals surface area contributed by atoms with Gasteiger partial charge in [-0.2, -0.15) is 0 Å². The summed E-state index contributed by atoms with van der Waals surface area (Å²) in [4.78, 5) is 34.5. The van der Waals surface area contributed by atoms with Crippen LogP contribution in [0.1, 0.15) is 108 Å². The van der Waals surface area contributed by atoms with Gasteiger partial charge in [0, 0.05) is 42.8 Å². The Bertz CT molecular complexity index is 1470. The lowest BCUT2D eigenvalue weighted by molar-refractivity contribution is 0.0687. The van der Waals surface area contributed by atoms with Crippen LogP contribution in [0.25, 0.3) is 32.7 Å². The first-order valence-corrected chi connectivity index (χ1v) is 17.6. The number of urea groups is 1. The van der Waals surface area contributed by atoms with Crippen LogP contribution in [0.15, 0.2) is 36.8 Å². The third-order valence-electron chi connectivity index (χ3n) is 6.18. The Morgan fingerprint density at radius 1 is 0.872 bits per heavy atom. The molecule has 5 rings (SSSR count). The first-order chi connectivity index (χ1) is 22.4. The quantitative estimate of drug-likeness (QED) is 0.124. The zero-order chi connectivity index (χ0) is 35.6. The zero-order valence-corrected chi connectivity index (χ0v) is 31.0. The van der Waals surface area contributed by atoms with Crippen LogP contribution in [0.4, 0.5) is 15.7 Å². The van der Waals surface area contributed by atoms with Crippen LogP contribution in [0.3, 0.4) is 0 Å². The van der Waals surface area contributed by atoms with Gasteiger partial charge in [0.15, 0.2) is 16.8 Å². The van der Waals surface area contributed by atoms with E-state index in [1.54, 1.807) is 52.4 Å². The van der Waals surface area contributed by atoms with Crippen LogP contribution >= 0.6 is 11.3 Å². The Kier molecular flexibility index (Phi) is 18.0. The number of anilines is 2. The maximum Gasteiger partial charge on any atom is 0.321 e. The summed E-state index contributed by atoms with van der Waals surface area (Å²) in [5.74, 6) is 1.33. The van der Waals surface area contributed by atoms with Gasteiger partial charge in [-0.15, -0.1) is 0 Å². The van der Waals surface area contributed by atoms with Gasteiger partial charge in [0.25, 0.3) is 0 Å². The third kappa shape index (κ3) is 13.5. The van der Waals surface area contributed by atoms with Crippen LogP contribution in [0.5, 0.6) is 0 Å². The summed E-state index contributed by atoms with van der Waals surface area (Å²) < 4.78 is 0.796. The third-order valence-corrected chi connectivity index (χ3v) is 7.20. The summed E-state index contributed by atoms with van der Waals surface area (Å²) in [6.45, 7) is 21.3. The molecule has 0 unspecified atom stereocenters. The molecule has 3 aromatic heterocycles. The molecule has 47 heavy (non-hydrogen) atoms. The van der Waals surface area contributed by atoms with E-state index in [9.17, 15) is 15.0 Å². The van der Waals surface area contributed by atoms with E-state index in [0.717, 1.165) is 15.8 Å². The van der Waals surface area contributed by atoms with Crippen molar-refractivity contribution in [1.29, 1.82) is 0 Å². The van der Waals surface area contributed by atoms with Crippen molar-refractivity contribution in [2.75, 3.05) is 23.7 Å². The number of nitrogens with one attached hydrogen (secondary N) is 3. The standard InChI is InChI=1S/C25H30N8O3S.C4H8.3C2H6/c1-6-26-22(34)33-23-31-17-10-14(15-11-28-21(29-12-15)25(4,5)36)9-16(19(17)37-23)20-27-8-7-18(32-20)30-13-24(2,3)35;1-2-4-3-1;3*1-2/h7-12,35-36H,6,13H2,1-5H3,(H,27,30,32)(H2,26,31,33,34);1-4H2;3*1-2H3. The summed E-state index contributed by atoms with van der Waals surface area (Å²) in [5.41, 5.74) is 0.788. The van der Waals surface area contributed by atoms with Gasteiger partial charge < -0.3 is 20.8 Å². The van der Waals surface area contributed by atoms with Crippen LogP contribution in [-0.2, 0) is 5.60 Å². The van der Waals surface area contributed by atoms with Gasteiger partial charge in [-0.05, 0) is 58.4 Å². The molecule has 0 aliphatic heterocycles. The topological polar surface area (TPSA) is 158 Å². The van der Waals surface area contributed by atoms with E-state index < -0.39 is 11.2 Å². The highest BCUT2D eigenvalue weighted by Crippen LogP contribution is 2.38. The Balaban J connectivity index is 0.000000978. The molecule has 0 bridgehead atoms. The number of carbonyl (C=O) groups excluding carboxylic acids is 1. The molecule has 0 atom stereocenters. The molecular weight excluding hydrogens is 613 g/mol. The average molecular weight is 669 g/mol. The largest absolute Gasteiger partial charge is 0.389 e. The van der Waals surface area contributed by atoms with Crippen molar-refractivity contribution < 1.29 is 15.0 Å². The molecule has 0 radical (unpaired) electrons. The predicted octanol–water partition coefficient (Wildman–Crippen LogP) is 8.40. The fraction of sp³-hybridized carbons (Fsp3) is 0.543. The fourth-order valence-corrected chi connectivity index (χ4v) is 4.61. The number of hydrogen-bond donors (Lipinski definition) is 5.